The van der Waals surface area contributed by atoms with Crippen molar-refractivity contribution in [3.8, 4) is 0 Å². The second kappa shape index (κ2) is 5.94. The van der Waals surface area contributed by atoms with Gasteiger partial charge in [0.2, 0.25) is 0 Å². The summed E-state index contributed by atoms with van der Waals surface area (Å²) in [6, 6.07) is 6.04. The number of aliphatic carboxylic acids is 1. The van der Waals surface area contributed by atoms with Crippen LogP contribution in [-0.2, 0) is 11.3 Å². The molecule has 0 bridgehead atoms. The SMILES string of the molecule is Cc1ccc(C)c(CN2CC(CC(=O)O)CNC2=O)c1. The summed E-state index contributed by atoms with van der Waals surface area (Å²) < 4.78 is 0. The normalized spacial score (nSPS) is 18.8. The van der Waals surface area contributed by atoms with Gasteiger partial charge in [0.05, 0.1) is 6.42 Å². The molecule has 20 heavy (non-hydrogen) atoms. The molecule has 0 aliphatic carbocycles. The van der Waals surface area contributed by atoms with E-state index in [9.17, 15) is 9.59 Å². The van der Waals surface area contributed by atoms with E-state index in [0.29, 0.717) is 19.6 Å². The van der Waals surface area contributed by atoms with Crippen molar-refractivity contribution in [3.05, 3.63) is 34.9 Å². The molecule has 0 saturated carbocycles. The molecule has 1 heterocycles. The fourth-order valence-electron chi connectivity index (χ4n) is 2.50. The first kappa shape index (κ1) is 14.4. The van der Waals surface area contributed by atoms with E-state index in [1.165, 1.54) is 0 Å². The van der Waals surface area contributed by atoms with E-state index >= 15 is 0 Å². The fourth-order valence-corrected chi connectivity index (χ4v) is 2.50. The van der Waals surface area contributed by atoms with Gasteiger partial charge in [-0.2, -0.15) is 0 Å². The minimum absolute atomic E-state index is 0.0321. The van der Waals surface area contributed by atoms with Crippen LogP contribution in [0, 0.1) is 19.8 Å². The number of hydrogen-bond donors (Lipinski definition) is 2. The molecule has 1 fully saturated rings. The molecule has 1 saturated heterocycles. The average Bonchev–Trinajstić information content (AvgIpc) is 2.37. The van der Waals surface area contributed by atoms with E-state index in [1.54, 1.807) is 4.90 Å². The number of carbonyl (C=O) groups excluding carboxylic acids is 1. The van der Waals surface area contributed by atoms with Crippen LogP contribution in [0.3, 0.4) is 0 Å². The van der Waals surface area contributed by atoms with E-state index in [0.717, 1.165) is 16.7 Å². The Hall–Kier alpha value is -2.04. The Morgan fingerprint density at radius 1 is 1.45 bits per heavy atom. The molecule has 0 aromatic heterocycles. The lowest BCUT2D eigenvalue weighted by Gasteiger charge is -2.33. The lowest BCUT2D eigenvalue weighted by atomic mass is 10.0. The maximum Gasteiger partial charge on any atom is 0.317 e. The molecule has 2 N–H and O–H groups in total. The summed E-state index contributed by atoms with van der Waals surface area (Å²) in [6.45, 7) is 5.49. The first-order valence-corrected chi connectivity index (χ1v) is 6.76. The van der Waals surface area contributed by atoms with Crippen molar-refractivity contribution in [1.82, 2.24) is 10.2 Å². The Morgan fingerprint density at radius 3 is 2.90 bits per heavy atom. The van der Waals surface area contributed by atoms with Crippen molar-refractivity contribution in [1.29, 1.82) is 0 Å². The second-order valence-corrected chi connectivity index (χ2v) is 5.46. The number of nitrogens with zero attached hydrogens (tertiary/aromatic N) is 1. The number of carboxylic acid groups (broad SMARTS) is 1. The summed E-state index contributed by atoms with van der Waals surface area (Å²) in [5, 5.41) is 11.6. The molecule has 0 radical (unpaired) electrons. The highest BCUT2D eigenvalue weighted by Gasteiger charge is 2.26. The highest BCUT2D eigenvalue weighted by atomic mass is 16.4. The number of hydrogen-bond acceptors (Lipinski definition) is 2. The van der Waals surface area contributed by atoms with Gasteiger partial charge in [0.15, 0.2) is 0 Å². The number of benzene rings is 1. The standard InChI is InChI=1S/C15H20N2O3/c1-10-3-4-11(2)13(5-10)9-17-8-12(6-14(18)19)7-16-15(17)20/h3-5,12H,6-9H2,1-2H3,(H,16,20)(H,18,19). The van der Waals surface area contributed by atoms with Gasteiger partial charge in [-0.3, -0.25) is 4.79 Å². The summed E-state index contributed by atoms with van der Waals surface area (Å²) in [4.78, 5) is 24.4. The Labute approximate surface area is 118 Å². The van der Waals surface area contributed by atoms with Crippen molar-refractivity contribution < 1.29 is 14.7 Å². The first-order valence-electron chi connectivity index (χ1n) is 6.76. The summed E-state index contributed by atoms with van der Waals surface area (Å²) in [5.41, 5.74) is 3.41. The van der Waals surface area contributed by atoms with Crippen LogP contribution in [0.5, 0.6) is 0 Å². The van der Waals surface area contributed by atoms with E-state index in [-0.39, 0.29) is 18.4 Å². The molecule has 1 aliphatic rings. The Bertz CT molecular complexity index is 528. The molecule has 2 amide bonds. The maximum absolute atomic E-state index is 11.9. The quantitative estimate of drug-likeness (QED) is 0.882. The largest absolute Gasteiger partial charge is 0.481 e. The Morgan fingerprint density at radius 2 is 2.20 bits per heavy atom. The molecule has 1 atom stereocenters. The number of carboxylic acids is 1. The minimum atomic E-state index is -0.821. The zero-order valence-corrected chi connectivity index (χ0v) is 11.8. The second-order valence-electron chi connectivity index (χ2n) is 5.46. The highest BCUT2D eigenvalue weighted by molar-refractivity contribution is 5.75. The van der Waals surface area contributed by atoms with Crippen LogP contribution < -0.4 is 5.32 Å². The van der Waals surface area contributed by atoms with Gasteiger partial charge in [0.25, 0.3) is 0 Å². The summed E-state index contributed by atoms with van der Waals surface area (Å²) in [6.07, 6.45) is 0.0869. The van der Waals surface area contributed by atoms with Crippen molar-refractivity contribution >= 4 is 12.0 Å². The summed E-state index contributed by atoms with van der Waals surface area (Å²) in [5.74, 6) is -0.854. The number of amides is 2. The molecule has 1 unspecified atom stereocenters. The predicted octanol–water partition coefficient (Wildman–Crippen LogP) is 1.92. The number of carbonyl (C=O) groups is 2. The van der Waals surface area contributed by atoms with Crippen LogP contribution in [0.4, 0.5) is 4.79 Å². The Balaban J connectivity index is 2.08. The van der Waals surface area contributed by atoms with Gasteiger partial charge >= 0.3 is 12.0 Å². The van der Waals surface area contributed by atoms with Gasteiger partial charge in [-0.25, -0.2) is 4.79 Å². The van der Waals surface area contributed by atoms with Gasteiger partial charge in [0, 0.05) is 25.6 Å². The molecule has 1 aromatic carbocycles. The van der Waals surface area contributed by atoms with Gasteiger partial charge in [-0.15, -0.1) is 0 Å². The number of urea groups is 1. The fraction of sp³-hybridized carbons (Fsp3) is 0.467. The number of aryl methyl sites for hydroxylation is 2. The van der Waals surface area contributed by atoms with Crippen molar-refractivity contribution in [2.75, 3.05) is 13.1 Å². The third-order valence-corrected chi connectivity index (χ3v) is 3.64. The third kappa shape index (κ3) is 3.50. The molecule has 5 nitrogen and oxygen atoms in total. The van der Waals surface area contributed by atoms with Gasteiger partial charge < -0.3 is 15.3 Å². The van der Waals surface area contributed by atoms with Gasteiger partial charge in [-0.05, 0) is 25.0 Å². The zero-order valence-electron chi connectivity index (χ0n) is 11.8. The lowest BCUT2D eigenvalue weighted by Crippen LogP contribution is -2.51. The lowest BCUT2D eigenvalue weighted by molar-refractivity contribution is -0.138. The molecule has 1 aliphatic heterocycles. The van der Waals surface area contributed by atoms with Gasteiger partial charge in [0.1, 0.15) is 0 Å². The van der Waals surface area contributed by atoms with Gasteiger partial charge in [-0.1, -0.05) is 23.8 Å². The Kier molecular flexibility index (Phi) is 4.27. The molecule has 5 heteroatoms. The maximum atomic E-state index is 11.9. The molecule has 0 spiro atoms. The van der Waals surface area contributed by atoms with E-state index < -0.39 is 5.97 Å². The molecular formula is C15H20N2O3. The molecule has 1 aromatic rings. The van der Waals surface area contributed by atoms with Crippen LogP contribution in [0.15, 0.2) is 18.2 Å². The molecular weight excluding hydrogens is 256 g/mol. The topological polar surface area (TPSA) is 69.6 Å². The van der Waals surface area contributed by atoms with Crippen LogP contribution in [0.25, 0.3) is 0 Å². The number of rotatable bonds is 4. The number of nitrogens with one attached hydrogen (secondary N) is 1. The van der Waals surface area contributed by atoms with E-state index in [4.69, 9.17) is 5.11 Å². The minimum Gasteiger partial charge on any atom is -0.481 e. The summed E-state index contributed by atoms with van der Waals surface area (Å²) >= 11 is 0. The predicted molar refractivity (Wildman–Crippen MR) is 75.5 cm³/mol. The summed E-state index contributed by atoms with van der Waals surface area (Å²) in [7, 11) is 0. The van der Waals surface area contributed by atoms with Crippen molar-refractivity contribution in [2.45, 2.75) is 26.8 Å². The molecule has 108 valence electrons. The van der Waals surface area contributed by atoms with Crippen LogP contribution in [0.1, 0.15) is 23.1 Å². The van der Waals surface area contributed by atoms with Crippen molar-refractivity contribution in [2.24, 2.45) is 5.92 Å². The highest BCUT2D eigenvalue weighted by Crippen LogP contribution is 2.17. The van der Waals surface area contributed by atoms with E-state index in [2.05, 4.69) is 11.4 Å². The first-order chi connectivity index (χ1) is 9.45. The third-order valence-electron chi connectivity index (χ3n) is 3.64. The molecule has 2 rings (SSSR count). The van der Waals surface area contributed by atoms with Crippen LogP contribution >= 0.6 is 0 Å². The van der Waals surface area contributed by atoms with Crippen LogP contribution in [-0.4, -0.2) is 35.1 Å². The monoisotopic (exact) mass is 276 g/mol. The smallest absolute Gasteiger partial charge is 0.317 e. The van der Waals surface area contributed by atoms with Crippen LogP contribution in [0.2, 0.25) is 0 Å². The van der Waals surface area contributed by atoms with E-state index in [1.807, 2.05) is 26.0 Å². The zero-order chi connectivity index (χ0) is 14.7. The average molecular weight is 276 g/mol. The van der Waals surface area contributed by atoms with Crippen molar-refractivity contribution in [3.63, 3.8) is 0 Å².